The summed E-state index contributed by atoms with van der Waals surface area (Å²) in [5, 5.41) is 0. The lowest BCUT2D eigenvalue weighted by atomic mass is 9.78. The molecule has 2 unspecified atom stereocenters. The number of hydrogen-bond acceptors (Lipinski definition) is 1. The Labute approximate surface area is 96.6 Å². The van der Waals surface area contributed by atoms with Crippen molar-refractivity contribution in [2.75, 3.05) is 13.7 Å². The normalized spacial score (nSPS) is 25.6. The van der Waals surface area contributed by atoms with Gasteiger partial charge in [-0.1, -0.05) is 18.6 Å². The predicted octanol–water partition coefficient (Wildman–Crippen LogP) is 3.75. The predicted molar refractivity (Wildman–Crippen MR) is 63.0 cm³/mol. The molecule has 1 fully saturated rings. The first kappa shape index (κ1) is 11.6. The molecule has 2 rings (SSSR count). The second kappa shape index (κ2) is 5.44. The molecule has 16 heavy (non-hydrogen) atoms. The molecule has 0 saturated heterocycles. The Morgan fingerprint density at radius 1 is 1.25 bits per heavy atom. The number of methoxy groups -OCH3 is 1. The molecular formula is C14H19FO. The van der Waals surface area contributed by atoms with Gasteiger partial charge >= 0.3 is 0 Å². The van der Waals surface area contributed by atoms with Gasteiger partial charge in [0.15, 0.2) is 0 Å². The van der Waals surface area contributed by atoms with Gasteiger partial charge in [-0.15, -0.1) is 0 Å². The Hall–Kier alpha value is -0.890. The molecule has 1 aromatic carbocycles. The summed E-state index contributed by atoms with van der Waals surface area (Å²) >= 11 is 0. The van der Waals surface area contributed by atoms with Crippen LogP contribution in [-0.4, -0.2) is 13.7 Å². The van der Waals surface area contributed by atoms with Crippen LogP contribution in [0.3, 0.4) is 0 Å². The fourth-order valence-corrected chi connectivity index (χ4v) is 2.72. The Balaban J connectivity index is 2.01. The van der Waals surface area contributed by atoms with E-state index in [0.717, 1.165) is 6.61 Å². The third-order valence-electron chi connectivity index (χ3n) is 3.53. The Morgan fingerprint density at radius 2 is 2.00 bits per heavy atom. The molecule has 0 bridgehead atoms. The Kier molecular flexibility index (Phi) is 3.94. The fourth-order valence-electron chi connectivity index (χ4n) is 2.72. The number of hydrogen-bond donors (Lipinski definition) is 0. The lowest BCUT2D eigenvalue weighted by molar-refractivity contribution is 0.125. The molecule has 0 heterocycles. The molecule has 1 saturated carbocycles. The van der Waals surface area contributed by atoms with Gasteiger partial charge in [0.25, 0.3) is 0 Å². The SMILES string of the molecule is COCC1CCCC(c2ccc(F)cc2)C1. The van der Waals surface area contributed by atoms with Gasteiger partial charge in [-0.25, -0.2) is 4.39 Å². The quantitative estimate of drug-likeness (QED) is 0.757. The highest BCUT2D eigenvalue weighted by Gasteiger charge is 2.22. The zero-order valence-corrected chi connectivity index (χ0v) is 9.79. The van der Waals surface area contributed by atoms with E-state index in [-0.39, 0.29) is 5.82 Å². The molecule has 0 N–H and O–H groups in total. The van der Waals surface area contributed by atoms with Gasteiger partial charge < -0.3 is 4.74 Å². The lowest BCUT2D eigenvalue weighted by Gasteiger charge is -2.29. The van der Waals surface area contributed by atoms with Crippen molar-refractivity contribution in [1.29, 1.82) is 0 Å². The van der Waals surface area contributed by atoms with Crippen molar-refractivity contribution in [2.45, 2.75) is 31.6 Å². The highest BCUT2D eigenvalue weighted by molar-refractivity contribution is 5.21. The molecule has 1 aliphatic carbocycles. The summed E-state index contributed by atoms with van der Waals surface area (Å²) in [6.45, 7) is 0.859. The van der Waals surface area contributed by atoms with Gasteiger partial charge in [-0.2, -0.15) is 0 Å². The first-order valence-corrected chi connectivity index (χ1v) is 6.04. The van der Waals surface area contributed by atoms with E-state index < -0.39 is 0 Å². The zero-order valence-electron chi connectivity index (χ0n) is 9.79. The van der Waals surface area contributed by atoms with Crippen molar-refractivity contribution in [3.63, 3.8) is 0 Å². The van der Waals surface area contributed by atoms with E-state index in [1.807, 2.05) is 12.1 Å². The molecule has 0 aromatic heterocycles. The van der Waals surface area contributed by atoms with Crippen LogP contribution in [0.5, 0.6) is 0 Å². The number of ether oxygens (including phenoxy) is 1. The summed E-state index contributed by atoms with van der Waals surface area (Å²) in [5.74, 6) is 1.12. The van der Waals surface area contributed by atoms with Crippen molar-refractivity contribution >= 4 is 0 Å². The van der Waals surface area contributed by atoms with E-state index in [0.29, 0.717) is 11.8 Å². The number of benzene rings is 1. The van der Waals surface area contributed by atoms with E-state index >= 15 is 0 Å². The maximum absolute atomic E-state index is 12.8. The van der Waals surface area contributed by atoms with Gasteiger partial charge in [-0.3, -0.25) is 0 Å². The van der Waals surface area contributed by atoms with Gasteiger partial charge in [-0.05, 0) is 48.8 Å². The fraction of sp³-hybridized carbons (Fsp3) is 0.571. The first-order chi connectivity index (χ1) is 7.79. The molecule has 2 atom stereocenters. The van der Waals surface area contributed by atoms with Crippen molar-refractivity contribution < 1.29 is 9.13 Å². The lowest BCUT2D eigenvalue weighted by Crippen LogP contribution is -2.18. The van der Waals surface area contributed by atoms with Gasteiger partial charge in [0, 0.05) is 13.7 Å². The molecule has 0 amide bonds. The second-order valence-corrected chi connectivity index (χ2v) is 4.74. The van der Waals surface area contributed by atoms with Crippen molar-refractivity contribution in [3.05, 3.63) is 35.6 Å². The molecular weight excluding hydrogens is 203 g/mol. The van der Waals surface area contributed by atoms with E-state index in [1.165, 1.54) is 31.2 Å². The summed E-state index contributed by atoms with van der Waals surface area (Å²) in [7, 11) is 1.77. The van der Waals surface area contributed by atoms with Gasteiger partial charge in [0.05, 0.1) is 0 Å². The second-order valence-electron chi connectivity index (χ2n) is 4.74. The van der Waals surface area contributed by atoms with Crippen LogP contribution in [0, 0.1) is 11.7 Å². The maximum Gasteiger partial charge on any atom is 0.123 e. The van der Waals surface area contributed by atoms with Crippen LogP contribution in [-0.2, 0) is 4.74 Å². The third kappa shape index (κ3) is 2.82. The van der Waals surface area contributed by atoms with Crippen LogP contribution in [0.1, 0.15) is 37.2 Å². The number of rotatable bonds is 3. The van der Waals surface area contributed by atoms with Crippen molar-refractivity contribution in [3.8, 4) is 0 Å². The van der Waals surface area contributed by atoms with E-state index in [9.17, 15) is 4.39 Å². The van der Waals surface area contributed by atoms with Crippen LogP contribution >= 0.6 is 0 Å². The molecule has 1 nitrogen and oxygen atoms in total. The molecule has 0 aliphatic heterocycles. The maximum atomic E-state index is 12.8. The smallest absolute Gasteiger partial charge is 0.123 e. The van der Waals surface area contributed by atoms with Crippen LogP contribution in [0.2, 0.25) is 0 Å². The summed E-state index contributed by atoms with van der Waals surface area (Å²) in [5.41, 5.74) is 1.28. The summed E-state index contributed by atoms with van der Waals surface area (Å²) in [6.07, 6.45) is 4.94. The van der Waals surface area contributed by atoms with E-state index in [4.69, 9.17) is 4.74 Å². The first-order valence-electron chi connectivity index (χ1n) is 6.04. The zero-order chi connectivity index (χ0) is 11.4. The summed E-state index contributed by atoms with van der Waals surface area (Å²) < 4.78 is 18.1. The minimum atomic E-state index is -0.145. The van der Waals surface area contributed by atoms with E-state index in [1.54, 1.807) is 19.2 Å². The highest BCUT2D eigenvalue weighted by atomic mass is 19.1. The topological polar surface area (TPSA) is 9.23 Å². The Morgan fingerprint density at radius 3 is 2.69 bits per heavy atom. The van der Waals surface area contributed by atoms with Crippen molar-refractivity contribution in [1.82, 2.24) is 0 Å². The Bertz CT molecular complexity index is 318. The molecule has 88 valence electrons. The highest BCUT2D eigenvalue weighted by Crippen LogP contribution is 2.36. The van der Waals surface area contributed by atoms with Crippen LogP contribution in [0.15, 0.2) is 24.3 Å². The monoisotopic (exact) mass is 222 g/mol. The van der Waals surface area contributed by atoms with Gasteiger partial charge in [0.2, 0.25) is 0 Å². The molecule has 2 heteroatoms. The largest absolute Gasteiger partial charge is 0.384 e. The summed E-state index contributed by atoms with van der Waals surface area (Å²) in [4.78, 5) is 0. The van der Waals surface area contributed by atoms with Crippen LogP contribution < -0.4 is 0 Å². The van der Waals surface area contributed by atoms with Gasteiger partial charge in [0.1, 0.15) is 5.82 Å². The average Bonchev–Trinajstić information content (AvgIpc) is 2.31. The standard InChI is InChI=1S/C14H19FO/c1-16-10-11-3-2-4-13(9-11)12-5-7-14(15)8-6-12/h5-8,11,13H,2-4,9-10H2,1H3. The van der Waals surface area contributed by atoms with Crippen molar-refractivity contribution in [2.24, 2.45) is 5.92 Å². The molecule has 1 aromatic rings. The van der Waals surface area contributed by atoms with Crippen LogP contribution in [0.4, 0.5) is 4.39 Å². The number of halogens is 1. The average molecular weight is 222 g/mol. The molecule has 1 aliphatic rings. The molecule has 0 radical (unpaired) electrons. The van der Waals surface area contributed by atoms with E-state index in [2.05, 4.69) is 0 Å². The minimum Gasteiger partial charge on any atom is -0.384 e. The van der Waals surface area contributed by atoms with Crippen LogP contribution in [0.25, 0.3) is 0 Å². The molecule has 0 spiro atoms. The minimum absolute atomic E-state index is 0.145. The third-order valence-corrected chi connectivity index (χ3v) is 3.53. The summed E-state index contributed by atoms with van der Waals surface area (Å²) in [6, 6.07) is 6.98.